The van der Waals surface area contributed by atoms with Crippen LogP contribution in [0, 0.1) is 5.41 Å². The van der Waals surface area contributed by atoms with Crippen LogP contribution in [0.1, 0.15) is 40.5 Å². The van der Waals surface area contributed by atoms with E-state index in [0.29, 0.717) is 12.3 Å². The number of Topliss-reactive ketones (excluding diaryl/α,β-unsaturated/α-hetero) is 1. The van der Waals surface area contributed by atoms with Crippen molar-refractivity contribution in [1.29, 1.82) is 0 Å². The molecule has 0 radical (unpaired) electrons. The Morgan fingerprint density at radius 1 is 1.44 bits per heavy atom. The van der Waals surface area contributed by atoms with E-state index in [9.17, 15) is 4.79 Å². The second-order valence-electron chi connectivity index (χ2n) is 6.14. The molecule has 94 valence electrons. The molecule has 3 nitrogen and oxygen atoms in total. The first-order valence-electron chi connectivity index (χ1n) is 6.08. The predicted molar refractivity (Wildman–Crippen MR) is 65.6 cm³/mol. The third-order valence-corrected chi connectivity index (χ3v) is 3.43. The number of methoxy groups -OCH3 is 1. The Balaban J connectivity index is 2.53. The van der Waals surface area contributed by atoms with Crippen molar-refractivity contribution < 1.29 is 9.53 Å². The van der Waals surface area contributed by atoms with Gasteiger partial charge in [0.05, 0.1) is 12.1 Å². The molecule has 1 heterocycles. The first-order valence-corrected chi connectivity index (χ1v) is 6.08. The second kappa shape index (κ2) is 4.84. The van der Waals surface area contributed by atoms with Crippen molar-refractivity contribution in [3.05, 3.63) is 0 Å². The van der Waals surface area contributed by atoms with Crippen LogP contribution in [0.3, 0.4) is 0 Å². The highest BCUT2D eigenvalue weighted by atomic mass is 16.5. The van der Waals surface area contributed by atoms with Crippen LogP contribution in [0.25, 0.3) is 0 Å². The summed E-state index contributed by atoms with van der Waals surface area (Å²) in [6.45, 7) is 10.5. The largest absolute Gasteiger partial charge is 0.377 e. The summed E-state index contributed by atoms with van der Waals surface area (Å²) in [5.41, 5.74) is -0.308. The van der Waals surface area contributed by atoms with Crippen LogP contribution >= 0.6 is 0 Å². The van der Waals surface area contributed by atoms with Gasteiger partial charge >= 0.3 is 0 Å². The fourth-order valence-corrected chi connectivity index (χ4v) is 2.05. The summed E-state index contributed by atoms with van der Waals surface area (Å²) in [6, 6.07) is 0. The minimum atomic E-state index is -0.235. The van der Waals surface area contributed by atoms with Gasteiger partial charge in [0.25, 0.3) is 0 Å². The molecule has 0 saturated carbocycles. The van der Waals surface area contributed by atoms with Gasteiger partial charge in [-0.25, -0.2) is 0 Å². The Morgan fingerprint density at radius 2 is 2.06 bits per heavy atom. The zero-order valence-electron chi connectivity index (χ0n) is 11.3. The van der Waals surface area contributed by atoms with Crippen LogP contribution in [-0.4, -0.2) is 43.0 Å². The minimum absolute atomic E-state index is 0.0730. The average molecular weight is 227 g/mol. The highest BCUT2D eigenvalue weighted by Crippen LogP contribution is 2.25. The molecule has 1 rings (SSSR count). The van der Waals surface area contributed by atoms with Crippen molar-refractivity contribution >= 4 is 5.78 Å². The van der Waals surface area contributed by atoms with Gasteiger partial charge in [-0.15, -0.1) is 0 Å². The number of carbonyl (C=O) groups excluding carboxylic acids is 1. The van der Waals surface area contributed by atoms with E-state index in [2.05, 4.69) is 11.8 Å². The molecule has 1 unspecified atom stereocenters. The summed E-state index contributed by atoms with van der Waals surface area (Å²) in [5.74, 6) is 0.313. The molecule has 0 aromatic carbocycles. The number of hydrogen-bond donors (Lipinski definition) is 0. The molecule has 0 N–H and O–H groups in total. The average Bonchev–Trinajstić information content (AvgIpc) is 2.16. The number of ketones is 1. The van der Waals surface area contributed by atoms with Crippen molar-refractivity contribution in [2.75, 3.05) is 26.7 Å². The summed E-state index contributed by atoms with van der Waals surface area (Å²) in [4.78, 5) is 14.2. The topological polar surface area (TPSA) is 29.5 Å². The van der Waals surface area contributed by atoms with Gasteiger partial charge < -0.3 is 4.74 Å². The number of hydrogen-bond acceptors (Lipinski definition) is 3. The molecule has 1 aliphatic heterocycles. The van der Waals surface area contributed by atoms with Crippen LogP contribution in [0.5, 0.6) is 0 Å². The lowest BCUT2D eigenvalue weighted by molar-refractivity contribution is -0.129. The summed E-state index contributed by atoms with van der Waals surface area (Å²) in [5, 5.41) is 0. The molecule has 1 saturated heterocycles. The second-order valence-corrected chi connectivity index (χ2v) is 6.14. The lowest BCUT2D eigenvalue weighted by Gasteiger charge is -2.39. The molecule has 0 amide bonds. The van der Waals surface area contributed by atoms with Crippen molar-refractivity contribution in [1.82, 2.24) is 4.90 Å². The van der Waals surface area contributed by atoms with E-state index in [4.69, 9.17) is 4.74 Å². The van der Waals surface area contributed by atoms with Gasteiger partial charge in [-0.3, -0.25) is 9.69 Å². The highest BCUT2D eigenvalue weighted by Gasteiger charge is 2.33. The highest BCUT2D eigenvalue weighted by molar-refractivity contribution is 5.85. The van der Waals surface area contributed by atoms with Crippen LogP contribution in [0.4, 0.5) is 0 Å². The van der Waals surface area contributed by atoms with Crippen LogP contribution in [0.15, 0.2) is 0 Å². The van der Waals surface area contributed by atoms with Gasteiger partial charge in [-0.2, -0.15) is 0 Å². The predicted octanol–water partition coefficient (Wildman–Crippen LogP) is 2.10. The molecule has 3 heteroatoms. The van der Waals surface area contributed by atoms with Crippen LogP contribution in [-0.2, 0) is 9.53 Å². The van der Waals surface area contributed by atoms with Gasteiger partial charge in [0.2, 0.25) is 0 Å². The Labute approximate surface area is 99.1 Å². The molecular formula is C13H25NO2. The maximum absolute atomic E-state index is 11.9. The SMILES string of the molecule is COC1(C)CCCN(CC(=O)C(C)(C)C)C1. The summed E-state index contributed by atoms with van der Waals surface area (Å²) < 4.78 is 5.52. The van der Waals surface area contributed by atoms with E-state index in [1.54, 1.807) is 7.11 Å². The number of ether oxygens (including phenoxy) is 1. The minimum Gasteiger partial charge on any atom is -0.377 e. The Kier molecular flexibility index (Phi) is 4.13. The van der Waals surface area contributed by atoms with Crippen molar-refractivity contribution in [3.8, 4) is 0 Å². The van der Waals surface area contributed by atoms with Crippen molar-refractivity contribution in [2.45, 2.75) is 46.1 Å². The quantitative estimate of drug-likeness (QED) is 0.739. The molecule has 0 aliphatic carbocycles. The van der Waals surface area contributed by atoms with E-state index in [0.717, 1.165) is 25.9 Å². The smallest absolute Gasteiger partial charge is 0.152 e. The maximum Gasteiger partial charge on any atom is 0.152 e. The zero-order valence-corrected chi connectivity index (χ0v) is 11.3. The third-order valence-electron chi connectivity index (χ3n) is 3.43. The Hall–Kier alpha value is -0.410. The van der Waals surface area contributed by atoms with E-state index in [-0.39, 0.29) is 11.0 Å². The maximum atomic E-state index is 11.9. The van der Waals surface area contributed by atoms with Crippen molar-refractivity contribution in [3.63, 3.8) is 0 Å². The molecule has 1 fully saturated rings. The number of likely N-dealkylation sites (tertiary alicyclic amines) is 1. The summed E-state index contributed by atoms with van der Waals surface area (Å²) in [7, 11) is 1.76. The zero-order chi connectivity index (χ0) is 12.4. The first-order chi connectivity index (χ1) is 7.27. The van der Waals surface area contributed by atoms with Gasteiger partial charge in [-0.1, -0.05) is 20.8 Å². The van der Waals surface area contributed by atoms with E-state index in [1.807, 2.05) is 20.8 Å². The van der Waals surface area contributed by atoms with E-state index in [1.165, 1.54) is 0 Å². The lowest BCUT2D eigenvalue weighted by Crippen LogP contribution is -2.49. The molecule has 0 aromatic rings. The van der Waals surface area contributed by atoms with Crippen LogP contribution < -0.4 is 0 Å². The Morgan fingerprint density at radius 3 is 2.56 bits per heavy atom. The molecule has 16 heavy (non-hydrogen) atoms. The van der Waals surface area contributed by atoms with Gasteiger partial charge in [0.15, 0.2) is 5.78 Å². The molecule has 1 aliphatic rings. The van der Waals surface area contributed by atoms with Crippen LogP contribution in [0.2, 0.25) is 0 Å². The normalized spacial score (nSPS) is 28.1. The first kappa shape index (κ1) is 13.7. The fourth-order valence-electron chi connectivity index (χ4n) is 2.05. The van der Waals surface area contributed by atoms with Gasteiger partial charge in [0.1, 0.15) is 0 Å². The fraction of sp³-hybridized carbons (Fsp3) is 0.923. The molecule has 0 bridgehead atoms. The third kappa shape index (κ3) is 3.56. The van der Waals surface area contributed by atoms with E-state index < -0.39 is 0 Å². The number of carbonyl (C=O) groups is 1. The lowest BCUT2D eigenvalue weighted by atomic mass is 9.89. The van der Waals surface area contributed by atoms with Gasteiger partial charge in [0, 0.05) is 19.1 Å². The molecule has 1 atom stereocenters. The van der Waals surface area contributed by atoms with E-state index >= 15 is 0 Å². The number of nitrogens with zero attached hydrogens (tertiary/aromatic N) is 1. The summed E-state index contributed by atoms with van der Waals surface area (Å²) in [6.07, 6.45) is 2.20. The molecule has 0 aromatic heterocycles. The van der Waals surface area contributed by atoms with Crippen molar-refractivity contribution in [2.24, 2.45) is 5.41 Å². The Bertz CT molecular complexity index is 257. The summed E-state index contributed by atoms with van der Waals surface area (Å²) >= 11 is 0. The monoisotopic (exact) mass is 227 g/mol. The standard InChI is InChI=1S/C13H25NO2/c1-12(2,3)11(15)9-14-8-6-7-13(4,10-14)16-5/h6-10H2,1-5H3. The number of rotatable bonds is 3. The molecular weight excluding hydrogens is 202 g/mol. The molecule has 0 spiro atoms. The number of piperidine rings is 1. The van der Waals surface area contributed by atoms with Gasteiger partial charge in [-0.05, 0) is 26.3 Å².